The van der Waals surface area contributed by atoms with E-state index in [1.54, 1.807) is 0 Å². The van der Waals surface area contributed by atoms with E-state index < -0.39 is 10.2 Å². The van der Waals surface area contributed by atoms with Gasteiger partial charge in [0.2, 0.25) is 5.13 Å². The molecule has 7 nitrogen and oxygen atoms in total. The van der Waals surface area contributed by atoms with Crippen LogP contribution in [0.2, 0.25) is 0 Å². The van der Waals surface area contributed by atoms with Crippen molar-refractivity contribution < 1.29 is 8.42 Å². The molecule has 1 aromatic rings. The van der Waals surface area contributed by atoms with Gasteiger partial charge in [-0.3, -0.25) is 0 Å². The molecule has 0 spiro atoms. The van der Waals surface area contributed by atoms with Crippen molar-refractivity contribution >= 4 is 26.7 Å². The summed E-state index contributed by atoms with van der Waals surface area (Å²) in [6.07, 6.45) is 1.63. The van der Waals surface area contributed by atoms with Crippen LogP contribution in [0, 0.1) is 5.92 Å². The van der Waals surface area contributed by atoms with Gasteiger partial charge in [0, 0.05) is 13.1 Å². The summed E-state index contributed by atoms with van der Waals surface area (Å²) in [4.78, 5) is 0. The van der Waals surface area contributed by atoms with Crippen molar-refractivity contribution in [2.24, 2.45) is 11.7 Å². The zero-order chi connectivity index (χ0) is 12.3. The maximum Gasteiger partial charge on any atom is 0.303 e. The zero-order valence-electron chi connectivity index (χ0n) is 9.24. The normalized spacial score (nSPS) is 19.4. The van der Waals surface area contributed by atoms with Crippen molar-refractivity contribution in [3.05, 3.63) is 5.51 Å². The van der Waals surface area contributed by atoms with E-state index in [9.17, 15) is 8.42 Å². The molecule has 0 aromatic carbocycles. The molecule has 1 aromatic heterocycles. The number of piperidine rings is 1. The second-order valence-corrected chi connectivity index (χ2v) is 6.43. The van der Waals surface area contributed by atoms with E-state index in [4.69, 9.17) is 5.73 Å². The molecule has 0 unspecified atom stereocenters. The maximum atomic E-state index is 12.0. The Balaban J connectivity index is 1.97. The van der Waals surface area contributed by atoms with Crippen LogP contribution in [0.25, 0.3) is 0 Å². The fourth-order valence-corrected chi connectivity index (χ4v) is 3.66. The van der Waals surface area contributed by atoms with Crippen molar-refractivity contribution in [2.75, 3.05) is 24.4 Å². The van der Waals surface area contributed by atoms with Gasteiger partial charge in [-0.05, 0) is 25.3 Å². The monoisotopic (exact) mass is 277 g/mol. The van der Waals surface area contributed by atoms with Crippen LogP contribution in [-0.4, -0.2) is 42.6 Å². The fourth-order valence-electron chi connectivity index (χ4n) is 1.78. The molecule has 96 valence electrons. The van der Waals surface area contributed by atoms with Gasteiger partial charge < -0.3 is 5.73 Å². The van der Waals surface area contributed by atoms with Crippen molar-refractivity contribution in [2.45, 2.75) is 12.8 Å². The molecule has 0 atom stereocenters. The second kappa shape index (κ2) is 5.25. The van der Waals surface area contributed by atoms with E-state index in [0.29, 0.717) is 30.7 Å². The van der Waals surface area contributed by atoms with Crippen molar-refractivity contribution in [3.8, 4) is 0 Å². The highest BCUT2D eigenvalue weighted by Gasteiger charge is 2.27. The molecule has 2 heterocycles. The third-order valence-electron chi connectivity index (χ3n) is 2.82. The Hall–Kier alpha value is -0.770. The molecule has 1 aliphatic heterocycles. The minimum absolute atomic E-state index is 0.297. The standard InChI is InChI=1S/C8H15N5O2S2/c9-5-7-1-3-13(4-2-7)17(14,15)12-8-11-10-6-16-8/h6-7H,1-5,9H2,(H,11,12). The highest BCUT2D eigenvalue weighted by molar-refractivity contribution is 7.90. The lowest BCUT2D eigenvalue weighted by Gasteiger charge is -2.30. The second-order valence-electron chi connectivity index (χ2n) is 3.93. The summed E-state index contributed by atoms with van der Waals surface area (Å²) in [7, 11) is -3.49. The summed E-state index contributed by atoms with van der Waals surface area (Å²) in [6.45, 7) is 1.64. The highest BCUT2D eigenvalue weighted by Crippen LogP contribution is 2.20. The number of nitrogens with one attached hydrogen (secondary N) is 1. The van der Waals surface area contributed by atoms with Crippen LogP contribution in [0.3, 0.4) is 0 Å². The van der Waals surface area contributed by atoms with Gasteiger partial charge in [0.25, 0.3) is 0 Å². The highest BCUT2D eigenvalue weighted by atomic mass is 32.2. The van der Waals surface area contributed by atoms with Gasteiger partial charge in [0.15, 0.2) is 0 Å². The number of rotatable bonds is 4. The maximum absolute atomic E-state index is 12.0. The van der Waals surface area contributed by atoms with Gasteiger partial charge in [-0.2, -0.15) is 12.7 Å². The molecule has 1 aliphatic rings. The Kier molecular flexibility index (Phi) is 3.92. The molecule has 9 heteroatoms. The molecule has 0 radical (unpaired) electrons. The Bertz CT molecular complexity index is 438. The first-order valence-corrected chi connectivity index (χ1v) is 7.68. The molecule has 1 fully saturated rings. The molecule has 2 rings (SSSR count). The van der Waals surface area contributed by atoms with Crippen molar-refractivity contribution in [3.63, 3.8) is 0 Å². The fraction of sp³-hybridized carbons (Fsp3) is 0.750. The first-order chi connectivity index (χ1) is 8.12. The summed E-state index contributed by atoms with van der Waals surface area (Å²) in [6, 6.07) is 0. The summed E-state index contributed by atoms with van der Waals surface area (Å²) in [5.41, 5.74) is 7.05. The van der Waals surface area contributed by atoms with Crippen LogP contribution in [-0.2, 0) is 10.2 Å². The van der Waals surface area contributed by atoms with E-state index in [1.165, 1.54) is 9.82 Å². The third kappa shape index (κ3) is 3.12. The quantitative estimate of drug-likeness (QED) is 0.798. The molecular formula is C8H15N5O2S2. The predicted octanol–water partition coefficient (Wildman–Crippen LogP) is -0.135. The number of anilines is 1. The Labute approximate surface area is 104 Å². The van der Waals surface area contributed by atoms with Gasteiger partial charge in [0.05, 0.1) is 0 Å². The number of nitrogens with zero attached hydrogens (tertiary/aromatic N) is 3. The Morgan fingerprint density at radius 1 is 1.53 bits per heavy atom. The number of aromatic nitrogens is 2. The molecule has 0 aliphatic carbocycles. The van der Waals surface area contributed by atoms with Crippen LogP contribution in [0.1, 0.15) is 12.8 Å². The van der Waals surface area contributed by atoms with Gasteiger partial charge in [-0.15, -0.1) is 10.2 Å². The topological polar surface area (TPSA) is 101 Å². The average molecular weight is 277 g/mol. The van der Waals surface area contributed by atoms with Crippen LogP contribution in [0.4, 0.5) is 5.13 Å². The van der Waals surface area contributed by atoms with Crippen LogP contribution >= 0.6 is 11.3 Å². The Morgan fingerprint density at radius 3 is 2.76 bits per heavy atom. The number of nitrogens with two attached hydrogens (primary N) is 1. The van der Waals surface area contributed by atoms with Crippen LogP contribution in [0.15, 0.2) is 5.51 Å². The summed E-state index contributed by atoms with van der Waals surface area (Å²) in [5, 5.41) is 7.54. The minimum atomic E-state index is -3.49. The summed E-state index contributed by atoms with van der Waals surface area (Å²) in [5.74, 6) is 0.433. The molecule has 0 bridgehead atoms. The van der Waals surface area contributed by atoms with Crippen molar-refractivity contribution in [1.82, 2.24) is 14.5 Å². The lowest BCUT2D eigenvalue weighted by molar-refractivity contribution is 0.280. The minimum Gasteiger partial charge on any atom is -0.330 e. The third-order valence-corrected chi connectivity index (χ3v) is 5.06. The lowest BCUT2D eigenvalue weighted by atomic mass is 9.99. The SMILES string of the molecule is NCC1CCN(S(=O)(=O)Nc2nncs2)CC1. The lowest BCUT2D eigenvalue weighted by Crippen LogP contribution is -2.42. The summed E-state index contributed by atoms with van der Waals surface area (Å²) < 4.78 is 27.8. The van der Waals surface area contributed by atoms with Crippen LogP contribution < -0.4 is 10.5 Å². The number of hydrogen-bond acceptors (Lipinski definition) is 6. The van der Waals surface area contributed by atoms with E-state index >= 15 is 0 Å². The smallest absolute Gasteiger partial charge is 0.303 e. The molecule has 0 saturated carbocycles. The van der Waals surface area contributed by atoms with E-state index in [1.807, 2.05) is 0 Å². The molecule has 1 saturated heterocycles. The van der Waals surface area contributed by atoms with Gasteiger partial charge >= 0.3 is 10.2 Å². The zero-order valence-corrected chi connectivity index (χ0v) is 10.9. The largest absolute Gasteiger partial charge is 0.330 e. The van der Waals surface area contributed by atoms with E-state index in [0.717, 1.165) is 24.2 Å². The average Bonchev–Trinajstić information content (AvgIpc) is 2.81. The first kappa shape index (κ1) is 12.7. The molecular weight excluding hydrogens is 262 g/mol. The Morgan fingerprint density at radius 2 is 2.24 bits per heavy atom. The predicted molar refractivity (Wildman–Crippen MR) is 65.8 cm³/mol. The van der Waals surface area contributed by atoms with Gasteiger partial charge in [0.1, 0.15) is 5.51 Å². The molecule has 17 heavy (non-hydrogen) atoms. The molecule has 0 amide bonds. The van der Waals surface area contributed by atoms with Gasteiger partial charge in [-0.1, -0.05) is 11.3 Å². The van der Waals surface area contributed by atoms with Crippen LogP contribution in [0.5, 0.6) is 0 Å². The first-order valence-electron chi connectivity index (χ1n) is 5.36. The number of hydrogen-bond donors (Lipinski definition) is 2. The molecule has 3 N–H and O–H groups in total. The van der Waals surface area contributed by atoms with E-state index in [2.05, 4.69) is 14.9 Å². The van der Waals surface area contributed by atoms with E-state index in [-0.39, 0.29) is 0 Å². The van der Waals surface area contributed by atoms with Gasteiger partial charge in [-0.25, -0.2) is 4.72 Å². The summed E-state index contributed by atoms with van der Waals surface area (Å²) >= 11 is 1.16. The van der Waals surface area contributed by atoms with Crippen molar-refractivity contribution in [1.29, 1.82) is 0 Å².